The van der Waals surface area contributed by atoms with Gasteiger partial charge in [0.25, 0.3) is 0 Å². The molecule has 2 aliphatic rings. The summed E-state index contributed by atoms with van der Waals surface area (Å²) in [4.78, 5) is 13.9. The van der Waals surface area contributed by atoms with Crippen molar-refractivity contribution in [3.63, 3.8) is 0 Å². The average Bonchev–Trinajstić information content (AvgIpc) is 2.46. The Balaban J connectivity index is 1.91. The molecule has 0 saturated carbocycles. The highest BCUT2D eigenvalue weighted by molar-refractivity contribution is 5.80. The van der Waals surface area contributed by atoms with Crippen LogP contribution in [0.25, 0.3) is 0 Å². The SMILES string of the molecule is NC(=O)C1CNCCN1C1CCOc2ccccc21. The van der Waals surface area contributed by atoms with Crippen LogP contribution in [0.2, 0.25) is 0 Å². The fraction of sp³-hybridized carbons (Fsp3) is 0.500. The van der Waals surface area contributed by atoms with Gasteiger partial charge >= 0.3 is 0 Å². The summed E-state index contributed by atoms with van der Waals surface area (Å²) in [5, 5.41) is 3.24. The minimum Gasteiger partial charge on any atom is -0.493 e. The van der Waals surface area contributed by atoms with Crippen molar-refractivity contribution in [1.82, 2.24) is 10.2 Å². The lowest BCUT2D eigenvalue weighted by Crippen LogP contribution is -2.58. The molecular weight excluding hydrogens is 242 g/mol. The van der Waals surface area contributed by atoms with Crippen LogP contribution >= 0.6 is 0 Å². The summed E-state index contributed by atoms with van der Waals surface area (Å²) < 4.78 is 5.68. The number of amides is 1. The highest BCUT2D eigenvalue weighted by atomic mass is 16.5. The summed E-state index contributed by atoms with van der Waals surface area (Å²) in [6, 6.07) is 8.06. The first-order chi connectivity index (χ1) is 9.27. The van der Waals surface area contributed by atoms with E-state index in [4.69, 9.17) is 10.5 Å². The van der Waals surface area contributed by atoms with Gasteiger partial charge in [0, 0.05) is 37.7 Å². The van der Waals surface area contributed by atoms with Gasteiger partial charge in [-0.1, -0.05) is 18.2 Å². The summed E-state index contributed by atoms with van der Waals surface area (Å²) in [5.74, 6) is 0.677. The molecular formula is C14H19N3O2. The molecule has 2 aliphatic heterocycles. The van der Waals surface area contributed by atoms with E-state index in [1.54, 1.807) is 0 Å². The molecule has 1 fully saturated rings. The lowest BCUT2D eigenvalue weighted by Gasteiger charge is -2.42. The van der Waals surface area contributed by atoms with Crippen molar-refractivity contribution in [3.05, 3.63) is 29.8 Å². The Hall–Kier alpha value is -1.59. The normalized spacial score (nSPS) is 27.4. The number of nitrogens with one attached hydrogen (secondary N) is 1. The molecule has 3 rings (SSSR count). The average molecular weight is 261 g/mol. The number of rotatable bonds is 2. The molecule has 0 aliphatic carbocycles. The minimum absolute atomic E-state index is 0.226. The molecule has 5 heteroatoms. The van der Waals surface area contributed by atoms with Crippen LogP contribution in [0.5, 0.6) is 5.75 Å². The van der Waals surface area contributed by atoms with Crippen LogP contribution in [0, 0.1) is 0 Å². The number of nitrogens with two attached hydrogens (primary N) is 1. The van der Waals surface area contributed by atoms with Crippen molar-refractivity contribution in [1.29, 1.82) is 0 Å². The number of carbonyl (C=O) groups is 1. The number of hydrogen-bond acceptors (Lipinski definition) is 4. The van der Waals surface area contributed by atoms with Gasteiger partial charge in [-0.25, -0.2) is 0 Å². The van der Waals surface area contributed by atoms with Gasteiger partial charge in [0.05, 0.1) is 6.61 Å². The van der Waals surface area contributed by atoms with Gasteiger partial charge in [-0.2, -0.15) is 0 Å². The molecule has 0 bridgehead atoms. The van der Waals surface area contributed by atoms with E-state index >= 15 is 0 Å². The van der Waals surface area contributed by atoms with E-state index in [1.165, 1.54) is 5.56 Å². The number of fused-ring (bicyclic) bond motifs is 1. The Bertz CT molecular complexity index is 478. The highest BCUT2D eigenvalue weighted by Crippen LogP contribution is 2.36. The van der Waals surface area contributed by atoms with Crippen molar-refractivity contribution in [2.45, 2.75) is 18.5 Å². The van der Waals surface area contributed by atoms with Crippen LogP contribution < -0.4 is 15.8 Å². The van der Waals surface area contributed by atoms with Crippen LogP contribution in [-0.2, 0) is 4.79 Å². The molecule has 0 radical (unpaired) electrons. The molecule has 5 nitrogen and oxygen atoms in total. The minimum atomic E-state index is -0.254. The summed E-state index contributed by atoms with van der Waals surface area (Å²) in [5.41, 5.74) is 6.70. The number of hydrogen-bond donors (Lipinski definition) is 2. The van der Waals surface area contributed by atoms with E-state index in [0.29, 0.717) is 13.2 Å². The van der Waals surface area contributed by atoms with Gasteiger partial charge in [0.1, 0.15) is 11.8 Å². The molecule has 3 N–H and O–H groups in total. The number of para-hydroxylation sites is 1. The third kappa shape index (κ3) is 2.31. The molecule has 0 aromatic heterocycles. The zero-order valence-electron chi connectivity index (χ0n) is 10.8. The standard InChI is InChI=1S/C14H19N3O2/c15-14(18)12-9-16-6-7-17(12)11-5-8-19-13-4-2-1-3-10(11)13/h1-4,11-12,16H,5-9H2,(H2,15,18). The third-order valence-corrected chi connectivity index (χ3v) is 3.94. The van der Waals surface area contributed by atoms with Gasteiger partial charge in [-0.3, -0.25) is 9.69 Å². The highest BCUT2D eigenvalue weighted by Gasteiger charge is 2.35. The number of carbonyl (C=O) groups excluding carboxylic acids is 1. The predicted molar refractivity (Wildman–Crippen MR) is 71.9 cm³/mol. The van der Waals surface area contributed by atoms with E-state index < -0.39 is 0 Å². The number of primary amides is 1. The predicted octanol–water partition coefficient (Wildman–Crippen LogP) is 0.269. The fourth-order valence-corrected chi connectivity index (χ4v) is 3.02. The topological polar surface area (TPSA) is 67.6 Å². The smallest absolute Gasteiger partial charge is 0.236 e. The zero-order valence-corrected chi connectivity index (χ0v) is 10.8. The molecule has 1 aromatic carbocycles. The number of nitrogens with zero attached hydrogens (tertiary/aromatic N) is 1. The first-order valence-electron chi connectivity index (χ1n) is 6.75. The molecule has 102 valence electrons. The monoisotopic (exact) mass is 261 g/mol. The Labute approximate surface area is 112 Å². The largest absolute Gasteiger partial charge is 0.493 e. The van der Waals surface area contributed by atoms with E-state index in [9.17, 15) is 4.79 Å². The maximum Gasteiger partial charge on any atom is 0.236 e. The van der Waals surface area contributed by atoms with Crippen molar-refractivity contribution in [2.75, 3.05) is 26.2 Å². The lowest BCUT2D eigenvalue weighted by atomic mass is 9.96. The quantitative estimate of drug-likeness (QED) is 0.802. The zero-order chi connectivity index (χ0) is 13.2. The fourth-order valence-electron chi connectivity index (χ4n) is 3.02. The Morgan fingerprint density at radius 3 is 3.11 bits per heavy atom. The maximum atomic E-state index is 11.6. The Morgan fingerprint density at radius 2 is 2.26 bits per heavy atom. The molecule has 1 amide bonds. The second-order valence-corrected chi connectivity index (χ2v) is 5.05. The van der Waals surface area contributed by atoms with Crippen LogP contribution in [0.4, 0.5) is 0 Å². The van der Waals surface area contributed by atoms with Crippen LogP contribution in [0.15, 0.2) is 24.3 Å². The van der Waals surface area contributed by atoms with Gasteiger partial charge in [-0.15, -0.1) is 0 Å². The molecule has 1 aromatic rings. The van der Waals surface area contributed by atoms with Gasteiger partial charge in [0.2, 0.25) is 5.91 Å². The van der Waals surface area contributed by atoms with Crippen LogP contribution in [0.3, 0.4) is 0 Å². The first kappa shape index (κ1) is 12.4. The van der Waals surface area contributed by atoms with Crippen LogP contribution in [-0.4, -0.2) is 43.1 Å². The Kier molecular flexibility index (Phi) is 3.40. The second-order valence-electron chi connectivity index (χ2n) is 5.05. The van der Waals surface area contributed by atoms with Gasteiger partial charge in [-0.05, 0) is 6.07 Å². The Morgan fingerprint density at radius 1 is 1.42 bits per heavy atom. The number of piperazine rings is 1. The van der Waals surface area contributed by atoms with Crippen molar-refractivity contribution >= 4 is 5.91 Å². The van der Waals surface area contributed by atoms with E-state index in [-0.39, 0.29) is 18.0 Å². The molecule has 0 spiro atoms. The summed E-state index contributed by atoms with van der Waals surface area (Å²) in [6.07, 6.45) is 0.904. The molecule has 2 unspecified atom stereocenters. The maximum absolute atomic E-state index is 11.6. The second kappa shape index (κ2) is 5.19. The molecule has 1 saturated heterocycles. The molecule has 19 heavy (non-hydrogen) atoms. The van der Waals surface area contributed by atoms with Crippen molar-refractivity contribution in [2.24, 2.45) is 5.73 Å². The molecule has 2 atom stereocenters. The van der Waals surface area contributed by atoms with Crippen LogP contribution in [0.1, 0.15) is 18.0 Å². The third-order valence-electron chi connectivity index (χ3n) is 3.94. The van der Waals surface area contributed by atoms with E-state index in [1.807, 2.05) is 18.2 Å². The first-order valence-corrected chi connectivity index (χ1v) is 6.75. The summed E-state index contributed by atoms with van der Waals surface area (Å²) in [7, 11) is 0. The summed E-state index contributed by atoms with van der Waals surface area (Å²) >= 11 is 0. The van der Waals surface area contributed by atoms with E-state index in [2.05, 4.69) is 16.3 Å². The number of benzene rings is 1. The molecule has 2 heterocycles. The lowest BCUT2D eigenvalue weighted by molar-refractivity contribution is -0.125. The summed E-state index contributed by atoms with van der Waals surface area (Å²) in [6.45, 7) is 3.06. The number of ether oxygens (including phenoxy) is 1. The van der Waals surface area contributed by atoms with E-state index in [0.717, 1.165) is 25.3 Å². The van der Waals surface area contributed by atoms with Gasteiger partial charge < -0.3 is 15.8 Å². The van der Waals surface area contributed by atoms with Crippen molar-refractivity contribution in [3.8, 4) is 5.75 Å². The van der Waals surface area contributed by atoms with Gasteiger partial charge in [0.15, 0.2) is 0 Å². The van der Waals surface area contributed by atoms with Crippen molar-refractivity contribution < 1.29 is 9.53 Å².